The number of hydrogen-bond donors (Lipinski definition) is 2. The van der Waals surface area contributed by atoms with Crippen LogP contribution in [0, 0.1) is 5.92 Å². The van der Waals surface area contributed by atoms with E-state index < -0.39 is 5.60 Å². The van der Waals surface area contributed by atoms with Crippen LogP contribution in [-0.4, -0.2) is 39.6 Å². The molecule has 0 bridgehead atoms. The van der Waals surface area contributed by atoms with Gasteiger partial charge in [-0.2, -0.15) is 0 Å². The van der Waals surface area contributed by atoms with Crippen LogP contribution in [0.2, 0.25) is 0 Å². The quantitative estimate of drug-likeness (QED) is 0.793. The number of nitrogen functional groups attached to an aromatic ring is 1. The molecule has 1 aromatic heterocycles. The number of nitrogens with two attached hydrogens (primary N) is 1. The second-order valence-electron chi connectivity index (χ2n) is 4.49. The van der Waals surface area contributed by atoms with Gasteiger partial charge >= 0.3 is 0 Å². The Morgan fingerprint density at radius 2 is 2.31 bits per heavy atom. The molecule has 3 N–H and O–H groups in total. The van der Waals surface area contributed by atoms with Gasteiger partial charge in [0.25, 0.3) is 5.91 Å². The summed E-state index contributed by atoms with van der Waals surface area (Å²) in [4.78, 5) is 17.4. The number of amides is 1. The highest BCUT2D eigenvalue weighted by molar-refractivity contribution is 7.13. The molecule has 0 aliphatic carbocycles. The number of β-amino-alcohol motifs (C(OH)–C–C–N with tert-alkyl or cyclic N) is 1. The van der Waals surface area contributed by atoms with Crippen molar-refractivity contribution in [1.29, 1.82) is 0 Å². The highest BCUT2D eigenvalue weighted by atomic mass is 32.1. The van der Waals surface area contributed by atoms with Crippen molar-refractivity contribution in [2.75, 3.05) is 18.8 Å². The van der Waals surface area contributed by atoms with Gasteiger partial charge in [-0.25, -0.2) is 4.98 Å². The molecule has 2 heterocycles. The second-order valence-corrected chi connectivity index (χ2v) is 5.38. The standard InChI is InChI=1S/C10H15N3O2S/c1-6(2)10(15)4-13(5-10)8(14)7-3-16-9(11)12-7/h3,6,15H,4-5H2,1-2H3,(H2,11,12). The third kappa shape index (κ3) is 1.78. The molecule has 1 saturated heterocycles. The van der Waals surface area contributed by atoms with Gasteiger partial charge in [0, 0.05) is 5.38 Å². The van der Waals surface area contributed by atoms with Crippen molar-refractivity contribution in [3.63, 3.8) is 0 Å². The number of rotatable bonds is 2. The van der Waals surface area contributed by atoms with E-state index in [-0.39, 0.29) is 11.8 Å². The third-order valence-electron chi connectivity index (χ3n) is 3.03. The normalized spacial score (nSPS) is 18.6. The lowest BCUT2D eigenvalue weighted by atomic mass is 9.83. The van der Waals surface area contributed by atoms with Crippen LogP contribution in [0.15, 0.2) is 5.38 Å². The maximum absolute atomic E-state index is 11.9. The Morgan fingerprint density at radius 3 is 2.75 bits per heavy atom. The first-order chi connectivity index (χ1) is 7.42. The number of anilines is 1. The number of likely N-dealkylation sites (tertiary alicyclic amines) is 1. The molecule has 1 fully saturated rings. The third-order valence-corrected chi connectivity index (χ3v) is 3.71. The molecular weight excluding hydrogens is 226 g/mol. The van der Waals surface area contributed by atoms with Crippen LogP contribution in [0.3, 0.4) is 0 Å². The molecule has 1 amide bonds. The zero-order valence-electron chi connectivity index (χ0n) is 9.30. The number of aromatic nitrogens is 1. The van der Waals surface area contributed by atoms with Crippen LogP contribution in [0.1, 0.15) is 24.3 Å². The summed E-state index contributed by atoms with van der Waals surface area (Å²) in [5, 5.41) is 12.1. The number of hydrogen-bond acceptors (Lipinski definition) is 5. The van der Waals surface area contributed by atoms with Crippen LogP contribution >= 0.6 is 11.3 Å². The molecule has 0 radical (unpaired) electrons. The lowest BCUT2D eigenvalue weighted by Gasteiger charge is -2.48. The van der Waals surface area contributed by atoms with Gasteiger partial charge < -0.3 is 15.7 Å². The topological polar surface area (TPSA) is 79.5 Å². The van der Waals surface area contributed by atoms with E-state index in [1.54, 1.807) is 10.3 Å². The fraction of sp³-hybridized carbons (Fsp3) is 0.600. The number of carbonyl (C=O) groups is 1. The molecule has 0 saturated carbocycles. The first kappa shape index (κ1) is 11.3. The van der Waals surface area contributed by atoms with Gasteiger partial charge in [0.1, 0.15) is 11.3 Å². The summed E-state index contributed by atoms with van der Waals surface area (Å²) < 4.78 is 0. The highest BCUT2D eigenvalue weighted by Gasteiger charge is 2.46. The van der Waals surface area contributed by atoms with E-state index in [1.165, 1.54) is 11.3 Å². The monoisotopic (exact) mass is 241 g/mol. The van der Waals surface area contributed by atoms with Gasteiger partial charge in [-0.3, -0.25) is 4.79 Å². The summed E-state index contributed by atoms with van der Waals surface area (Å²) in [5.41, 5.74) is 5.09. The van der Waals surface area contributed by atoms with Gasteiger partial charge in [-0.15, -0.1) is 11.3 Å². The van der Waals surface area contributed by atoms with Crippen molar-refractivity contribution in [2.45, 2.75) is 19.4 Å². The van der Waals surface area contributed by atoms with Crippen molar-refractivity contribution in [1.82, 2.24) is 9.88 Å². The molecule has 5 nitrogen and oxygen atoms in total. The fourth-order valence-corrected chi connectivity index (χ4v) is 2.21. The minimum atomic E-state index is -0.739. The molecule has 16 heavy (non-hydrogen) atoms. The molecule has 88 valence electrons. The van der Waals surface area contributed by atoms with Crippen molar-refractivity contribution in [2.24, 2.45) is 5.92 Å². The van der Waals surface area contributed by atoms with Gasteiger partial charge in [-0.1, -0.05) is 13.8 Å². The van der Waals surface area contributed by atoms with Crippen LogP contribution in [0.5, 0.6) is 0 Å². The van der Waals surface area contributed by atoms with Crippen LogP contribution in [0.4, 0.5) is 5.13 Å². The summed E-state index contributed by atoms with van der Waals surface area (Å²) in [6.07, 6.45) is 0. The van der Waals surface area contributed by atoms with E-state index in [1.807, 2.05) is 13.8 Å². The predicted octanol–water partition coefficient (Wildman–Crippen LogP) is 0.568. The zero-order chi connectivity index (χ0) is 11.9. The average Bonchev–Trinajstić information content (AvgIpc) is 2.58. The zero-order valence-corrected chi connectivity index (χ0v) is 10.1. The van der Waals surface area contributed by atoms with Crippen molar-refractivity contribution in [3.8, 4) is 0 Å². The maximum Gasteiger partial charge on any atom is 0.273 e. The van der Waals surface area contributed by atoms with E-state index in [0.717, 1.165) is 0 Å². The molecule has 0 spiro atoms. The maximum atomic E-state index is 11.9. The first-order valence-electron chi connectivity index (χ1n) is 5.15. The predicted molar refractivity (Wildman–Crippen MR) is 62.2 cm³/mol. The lowest BCUT2D eigenvalue weighted by molar-refractivity contribution is -0.111. The van der Waals surface area contributed by atoms with Crippen molar-refractivity contribution in [3.05, 3.63) is 11.1 Å². The smallest absolute Gasteiger partial charge is 0.273 e. The Bertz CT molecular complexity index is 410. The molecular formula is C10H15N3O2S. The molecule has 1 aliphatic rings. The van der Waals surface area contributed by atoms with E-state index >= 15 is 0 Å². The molecule has 1 aliphatic heterocycles. The Balaban J connectivity index is 2.00. The Labute approximate surface area is 97.9 Å². The summed E-state index contributed by atoms with van der Waals surface area (Å²) in [5.74, 6) is -0.00433. The molecule has 0 unspecified atom stereocenters. The fourth-order valence-electron chi connectivity index (χ4n) is 1.67. The van der Waals surface area contributed by atoms with Gasteiger partial charge in [0.05, 0.1) is 13.1 Å². The molecule has 6 heteroatoms. The summed E-state index contributed by atoms with van der Waals surface area (Å²) in [6.45, 7) is 4.65. The van der Waals surface area contributed by atoms with Crippen LogP contribution in [-0.2, 0) is 0 Å². The minimum Gasteiger partial charge on any atom is -0.386 e. The lowest BCUT2D eigenvalue weighted by Crippen LogP contribution is -2.66. The summed E-state index contributed by atoms with van der Waals surface area (Å²) in [6, 6.07) is 0. The van der Waals surface area contributed by atoms with Gasteiger partial charge in [-0.05, 0) is 5.92 Å². The van der Waals surface area contributed by atoms with Crippen molar-refractivity contribution < 1.29 is 9.90 Å². The van der Waals surface area contributed by atoms with E-state index in [9.17, 15) is 9.90 Å². The largest absolute Gasteiger partial charge is 0.386 e. The molecule has 1 aromatic rings. The average molecular weight is 241 g/mol. The number of aliphatic hydroxyl groups is 1. The Hall–Kier alpha value is -1.14. The van der Waals surface area contributed by atoms with Gasteiger partial charge in [0.2, 0.25) is 0 Å². The molecule has 2 rings (SSSR count). The van der Waals surface area contributed by atoms with Crippen LogP contribution < -0.4 is 5.73 Å². The van der Waals surface area contributed by atoms with E-state index in [2.05, 4.69) is 4.98 Å². The summed E-state index contributed by atoms with van der Waals surface area (Å²) >= 11 is 1.25. The van der Waals surface area contributed by atoms with E-state index in [4.69, 9.17) is 5.73 Å². The number of nitrogens with zero attached hydrogens (tertiary/aromatic N) is 2. The Kier molecular flexibility index (Phi) is 2.63. The summed E-state index contributed by atoms with van der Waals surface area (Å²) in [7, 11) is 0. The highest BCUT2D eigenvalue weighted by Crippen LogP contribution is 2.29. The number of carbonyl (C=O) groups excluding carboxylic acids is 1. The molecule has 0 atom stereocenters. The second kappa shape index (κ2) is 3.71. The van der Waals surface area contributed by atoms with Crippen LogP contribution in [0.25, 0.3) is 0 Å². The number of thiazole rings is 1. The van der Waals surface area contributed by atoms with E-state index in [0.29, 0.717) is 23.9 Å². The first-order valence-corrected chi connectivity index (χ1v) is 6.03. The molecule has 0 aromatic carbocycles. The SMILES string of the molecule is CC(C)C1(O)CN(C(=O)c2csc(N)n2)C1. The Morgan fingerprint density at radius 1 is 1.69 bits per heavy atom. The van der Waals surface area contributed by atoms with Crippen molar-refractivity contribution >= 4 is 22.4 Å². The minimum absolute atomic E-state index is 0.150. The van der Waals surface area contributed by atoms with Gasteiger partial charge in [0.15, 0.2) is 5.13 Å².